The maximum Gasteiger partial charge on any atom is 0.410 e. The minimum absolute atomic E-state index is 0.323. The summed E-state index contributed by atoms with van der Waals surface area (Å²) in [7, 11) is 1.72. The van der Waals surface area contributed by atoms with Crippen LogP contribution in [-0.4, -0.2) is 46.9 Å². The Labute approximate surface area is 118 Å². The topological polar surface area (TPSA) is 80.5 Å². The van der Waals surface area contributed by atoms with Crippen molar-refractivity contribution in [3.05, 3.63) is 12.0 Å². The van der Waals surface area contributed by atoms with Crippen LogP contribution in [0.3, 0.4) is 0 Å². The largest absolute Gasteiger partial charge is 0.444 e. The van der Waals surface area contributed by atoms with E-state index in [-0.39, 0.29) is 6.09 Å². The van der Waals surface area contributed by atoms with E-state index in [1.165, 1.54) is 0 Å². The Bertz CT molecular complexity index is 516. The molecule has 1 amide bonds. The molecule has 20 heavy (non-hydrogen) atoms. The van der Waals surface area contributed by atoms with Gasteiger partial charge in [-0.25, -0.2) is 4.79 Å². The van der Waals surface area contributed by atoms with Crippen molar-refractivity contribution in [2.75, 3.05) is 25.5 Å². The molecule has 0 saturated heterocycles. The van der Waals surface area contributed by atoms with Crippen LogP contribution in [0.4, 0.5) is 10.7 Å². The number of hydrogen-bond acceptors (Lipinski definition) is 6. The lowest BCUT2D eigenvalue weighted by Gasteiger charge is -2.29. The van der Waals surface area contributed by atoms with Gasteiger partial charge in [-0.05, 0) is 32.3 Å². The van der Waals surface area contributed by atoms with E-state index in [1.54, 1.807) is 11.9 Å². The van der Waals surface area contributed by atoms with Crippen molar-refractivity contribution >= 4 is 17.6 Å². The Morgan fingerprint density at radius 3 is 2.85 bits per heavy atom. The zero-order valence-electron chi connectivity index (χ0n) is 12.3. The van der Waals surface area contributed by atoms with Crippen molar-refractivity contribution in [3.8, 4) is 0 Å². The average molecular weight is 280 g/mol. The summed E-state index contributed by atoms with van der Waals surface area (Å²) >= 11 is 0. The molecule has 0 spiro atoms. The average Bonchev–Trinajstić information content (AvgIpc) is 2.85. The summed E-state index contributed by atoms with van der Waals surface area (Å²) in [6.45, 7) is 6.60. The molecule has 0 saturated carbocycles. The fourth-order valence-electron chi connectivity index (χ4n) is 1.84. The molecule has 0 unspecified atom stereocenters. The van der Waals surface area contributed by atoms with Crippen LogP contribution in [0.15, 0.2) is 10.6 Å². The highest BCUT2D eigenvalue weighted by molar-refractivity contribution is 5.73. The van der Waals surface area contributed by atoms with Crippen molar-refractivity contribution in [2.24, 2.45) is 0 Å². The lowest BCUT2D eigenvalue weighted by molar-refractivity contribution is 0.0272. The zero-order valence-corrected chi connectivity index (χ0v) is 12.3. The quantitative estimate of drug-likeness (QED) is 0.894. The third-order valence-corrected chi connectivity index (χ3v) is 2.73. The number of aromatic nitrogens is 2. The Balaban J connectivity index is 2.04. The highest BCUT2D eigenvalue weighted by Crippen LogP contribution is 2.21. The number of carbonyl (C=O) groups excluding carboxylic acids is 1. The Morgan fingerprint density at radius 1 is 1.50 bits per heavy atom. The van der Waals surface area contributed by atoms with Crippen LogP contribution in [0, 0.1) is 0 Å². The molecule has 0 aliphatic carbocycles. The van der Waals surface area contributed by atoms with Crippen LogP contribution >= 0.6 is 0 Å². The Morgan fingerprint density at radius 2 is 2.25 bits per heavy atom. The third kappa shape index (κ3) is 3.49. The highest BCUT2D eigenvalue weighted by atomic mass is 16.6. The second kappa shape index (κ2) is 5.52. The summed E-state index contributed by atoms with van der Waals surface area (Å²) in [6.07, 6.45) is 2.43. The molecule has 110 valence electrons. The fourth-order valence-corrected chi connectivity index (χ4v) is 1.84. The second-order valence-corrected chi connectivity index (χ2v) is 5.59. The molecule has 0 atom stereocenters. The number of nitrogens with zero attached hydrogens (tertiary/aromatic N) is 3. The molecule has 0 aromatic carbocycles. The van der Waals surface area contributed by atoms with E-state index in [1.807, 2.05) is 26.8 Å². The van der Waals surface area contributed by atoms with Crippen LogP contribution in [0.2, 0.25) is 0 Å². The molecular formula is C13H20N4O3. The number of hydrogen-bond donors (Lipinski definition) is 1. The summed E-state index contributed by atoms with van der Waals surface area (Å²) in [5, 5.41) is 6.57. The minimum Gasteiger partial charge on any atom is -0.444 e. The first kappa shape index (κ1) is 14.4. The predicted octanol–water partition coefficient (Wildman–Crippen LogP) is 2.14. The van der Waals surface area contributed by atoms with E-state index in [4.69, 9.17) is 9.26 Å². The first-order valence-corrected chi connectivity index (χ1v) is 6.58. The maximum absolute atomic E-state index is 12.0. The van der Waals surface area contributed by atoms with E-state index >= 15 is 0 Å². The van der Waals surface area contributed by atoms with Crippen molar-refractivity contribution in [1.82, 2.24) is 15.0 Å². The Hall–Kier alpha value is -2.05. The molecule has 2 rings (SSSR count). The van der Waals surface area contributed by atoms with Gasteiger partial charge in [0.15, 0.2) is 0 Å². The fraction of sp³-hybridized carbons (Fsp3) is 0.615. The summed E-state index contributed by atoms with van der Waals surface area (Å²) < 4.78 is 10.5. The number of rotatable bonds is 2. The van der Waals surface area contributed by atoms with Gasteiger partial charge in [0.1, 0.15) is 5.60 Å². The molecular weight excluding hydrogens is 260 g/mol. The van der Waals surface area contributed by atoms with Crippen molar-refractivity contribution < 1.29 is 14.1 Å². The number of ether oxygens (including phenoxy) is 1. The zero-order chi connectivity index (χ0) is 14.8. The molecule has 1 aromatic rings. The lowest BCUT2D eigenvalue weighted by Crippen LogP contribution is -2.39. The highest BCUT2D eigenvalue weighted by Gasteiger charge is 2.26. The van der Waals surface area contributed by atoms with Gasteiger partial charge in [0.2, 0.25) is 0 Å². The second-order valence-electron chi connectivity index (χ2n) is 5.59. The number of carbonyl (C=O) groups is 1. The predicted molar refractivity (Wildman–Crippen MR) is 74.2 cm³/mol. The van der Waals surface area contributed by atoms with Crippen molar-refractivity contribution in [2.45, 2.75) is 32.8 Å². The van der Waals surface area contributed by atoms with E-state index in [2.05, 4.69) is 15.5 Å². The van der Waals surface area contributed by atoms with Crippen molar-refractivity contribution in [1.29, 1.82) is 0 Å². The number of anilines is 1. The van der Waals surface area contributed by atoms with Gasteiger partial charge in [-0.1, -0.05) is 6.08 Å². The van der Waals surface area contributed by atoms with Gasteiger partial charge in [-0.2, -0.15) is 4.98 Å². The Kier molecular flexibility index (Phi) is 3.96. The maximum atomic E-state index is 12.0. The van der Waals surface area contributed by atoms with Crippen LogP contribution < -0.4 is 5.32 Å². The molecule has 1 N–H and O–H groups in total. The van der Waals surface area contributed by atoms with Gasteiger partial charge >= 0.3 is 6.09 Å². The summed E-state index contributed by atoms with van der Waals surface area (Å²) in [6, 6.07) is 0. The SMILES string of the molecule is CNc1noc(C2=CCCN(C(=O)OC(C)(C)C)C2)n1. The van der Waals surface area contributed by atoms with E-state index in [0.717, 1.165) is 12.0 Å². The smallest absolute Gasteiger partial charge is 0.410 e. The van der Waals surface area contributed by atoms with E-state index in [9.17, 15) is 4.79 Å². The first-order valence-electron chi connectivity index (χ1n) is 6.58. The monoisotopic (exact) mass is 280 g/mol. The molecule has 7 heteroatoms. The standard InChI is InChI=1S/C13H20N4O3/c1-13(2,3)19-12(18)17-7-5-6-9(8-17)10-15-11(14-4)16-20-10/h6H,5,7-8H2,1-4H3,(H,14,16). The molecule has 0 fully saturated rings. The summed E-state index contributed by atoms with van der Waals surface area (Å²) in [4.78, 5) is 17.9. The van der Waals surface area contributed by atoms with Gasteiger partial charge in [-0.15, -0.1) is 0 Å². The van der Waals surface area contributed by atoms with E-state index in [0.29, 0.717) is 24.9 Å². The van der Waals surface area contributed by atoms with Crippen molar-refractivity contribution in [3.63, 3.8) is 0 Å². The summed E-state index contributed by atoms with van der Waals surface area (Å²) in [5.41, 5.74) is 0.346. The van der Waals surface area contributed by atoms with Crippen LogP contribution in [0.25, 0.3) is 5.57 Å². The first-order chi connectivity index (χ1) is 9.39. The number of amides is 1. The molecule has 1 aliphatic heterocycles. The van der Waals surface area contributed by atoms with Gasteiger partial charge in [0.25, 0.3) is 11.8 Å². The molecule has 2 heterocycles. The molecule has 7 nitrogen and oxygen atoms in total. The van der Waals surface area contributed by atoms with Gasteiger partial charge in [0.05, 0.1) is 6.54 Å². The molecule has 0 bridgehead atoms. The lowest BCUT2D eigenvalue weighted by atomic mass is 10.1. The van der Waals surface area contributed by atoms with Crippen LogP contribution in [-0.2, 0) is 4.74 Å². The molecule has 1 aliphatic rings. The number of nitrogens with one attached hydrogen (secondary N) is 1. The minimum atomic E-state index is -0.498. The van der Waals surface area contributed by atoms with Crippen LogP contribution in [0.1, 0.15) is 33.1 Å². The van der Waals surface area contributed by atoms with Gasteiger partial charge in [0, 0.05) is 19.2 Å². The third-order valence-electron chi connectivity index (χ3n) is 2.73. The van der Waals surface area contributed by atoms with E-state index < -0.39 is 5.60 Å². The van der Waals surface area contributed by atoms with Crippen LogP contribution in [0.5, 0.6) is 0 Å². The normalized spacial score (nSPS) is 15.8. The summed E-state index contributed by atoms with van der Waals surface area (Å²) in [5.74, 6) is 0.859. The molecule has 0 radical (unpaired) electrons. The van der Waals surface area contributed by atoms with Gasteiger partial charge < -0.3 is 19.5 Å². The van der Waals surface area contributed by atoms with Gasteiger partial charge in [-0.3, -0.25) is 0 Å². The molecule has 1 aromatic heterocycles.